The van der Waals surface area contributed by atoms with Gasteiger partial charge in [0.25, 0.3) is 5.91 Å². The highest BCUT2D eigenvalue weighted by Gasteiger charge is 2.25. The van der Waals surface area contributed by atoms with Crippen LogP contribution >= 0.6 is 0 Å². The number of ether oxygens (including phenoxy) is 5. The number of amides is 1. The van der Waals surface area contributed by atoms with E-state index in [1.165, 1.54) is 26.3 Å². The number of aromatic nitrogens is 1. The lowest BCUT2D eigenvalue weighted by Crippen LogP contribution is -2.41. The van der Waals surface area contributed by atoms with Gasteiger partial charge in [0.2, 0.25) is 6.79 Å². The van der Waals surface area contributed by atoms with Crippen LogP contribution in [-0.2, 0) is 28.6 Å². The van der Waals surface area contributed by atoms with Crippen LogP contribution in [0.1, 0.15) is 52.0 Å². The zero-order valence-electron chi connectivity index (χ0n) is 20.0. The number of esters is 3. The highest BCUT2D eigenvalue weighted by atomic mass is 16.7. The number of nitrogens with one attached hydrogen (secondary N) is 1. The first-order valence-corrected chi connectivity index (χ1v) is 10.5. The van der Waals surface area contributed by atoms with Crippen molar-refractivity contribution in [3.63, 3.8) is 0 Å². The molecule has 0 aliphatic carbocycles. The molecular weight excluding hydrogens is 436 g/mol. The predicted molar refractivity (Wildman–Crippen MR) is 115 cm³/mol. The molecule has 0 saturated heterocycles. The van der Waals surface area contributed by atoms with Crippen LogP contribution in [0.25, 0.3) is 0 Å². The molecule has 0 unspecified atom stereocenters. The van der Waals surface area contributed by atoms with Crippen LogP contribution in [-0.4, -0.2) is 61.5 Å². The van der Waals surface area contributed by atoms with Crippen LogP contribution < -0.4 is 14.8 Å². The van der Waals surface area contributed by atoms with Gasteiger partial charge in [-0.2, -0.15) is 0 Å². The third kappa shape index (κ3) is 8.95. The molecule has 0 saturated carbocycles. The topological polar surface area (TPSA) is 139 Å². The van der Waals surface area contributed by atoms with Gasteiger partial charge in [-0.25, -0.2) is 9.78 Å². The van der Waals surface area contributed by atoms with Crippen LogP contribution in [0.15, 0.2) is 12.3 Å². The predicted octanol–water partition coefficient (Wildman–Crippen LogP) is 1.87. The van der Waals surface area contributed by atoms with Gasteiger partial charge in [0.15, 0.2) is 17.2 Å². The monoisotopic (exact) mass is 468 g/mol. The van der Waals surface area contributed by atoms with Crippen LogP contribution in [0.5, 0.6) is 11.5 Å². The van der Waals surface area contributed by atoms with Crippen molar-refractivity contribution in [2.45, 2.75) is 53.7 Å². The van der Waals surface area contributed by atoms with E-state index in [1.807, 2.05) is 0 Å². The minimum atomic E-state index is -1.04. The van der Waals surface area contributed by atoms with Crippen LogP contribution in [0, 0.1) is 11.8 Å². The molecule has 0 aliphatic heterocycles. The molecule has 0 aliphatic rings. The van der Waals surface area contributed by atoms with Gasteiger partial charge in [-0.05, 0) is 13.8 Å². The summed E-state index contributed by atoms with van der Waals surface area (Å²) in [7, 11) is 1.37. The van der Waals surface area contributed by atoms with E-state index in [-0.39, 0.29) is 35.6 Å². The summed E-state index contributed by atoms with van der Waals surface area (Å²) in [6.07, 6.45) is 0.624. The lowest BCUT2D eigenvalue weighted by molar-refractivity contribution is -0.160. The average Bonchev–Trinajstić information content (AvgIpc) is 2.76. The van der Waals surface area contributed by atoms with E-state index in [2.05, 4.69) is 10.3 Å². The van der Waals surface area contributed by atoms with Gasteiger partial charge in [-0.3, -0.25) is 14.4 Å². The molecule has 0 fully saturated rings. The second kappa shape index (κ2) is 13.2. The Morgan fingerprint density at radius 3 is 2.12 bits per heavy atom. The molecule has 1 aromatic heterocycles. The smallest absolute Gasteiger partial charge is 0.328 e. The number of methoxy groups -OCH3 is 1. The molecule has 33 heavy (non-hydrogen) atoms. The van der Waals surface area contributed by atoms with E-state index in [4.69, 9.17) is 23.7 Å². The molecule has 0 bridgehead atoms. The van der Waals surface area contributed by atoms with Crippen molar-refractivity contribution in [1.29, 1.82) is 0 Å². The maximum absolute atomic E-state index is 12.7. The van der Waals surface area contributed by atoms with Gasteiger partial charge in [-0.1, -0.05) is 27.7 Å². The first-order chi connectivity index (χ1) is 15.5. The van der Waals surface area contributed by atoms with Gasteiger partial charge in [0.1, 0.15) is 18.8 Å². The molecule has 1 N–H and O–H groups in total. The van der Waals surface area contributed by atoms with Crippen molar-refractivity contribution in [3.05, 3.63) is 18.0 Å². The number of carbonyl (C=O) groups excluding carboxylic acids is 4. The molecule has 11 nitrogen and oxygen atoms in total. The Bertz CT molecular complexity index is 839. The second-order valence-electron chi connectivity index (χ2n) is 7.80. The number of nitrogens with zero attached hydrogens (tertiary/aromatic N) is 1. The summed E-state index contributed by atoms with van der Waals surface area (Å²) in [5, 5.41) is 2.47. The highest BCUT2D eigenvalue weighted by molar-refractivity contribution is 5.98. The summed E-state index contributed by atoms with van der Waals surface area (Å²) in [5.74, 6) is -2.87. The van der Waals surface area contributed by atoms with Gasteiger partial charge >= 0.3 is 17.9 Å². The quantitative estimate of drug-likeness (QED) is 0.275. The normalized spacial score (nSPS) is 12.5. The largest absolute Gasteiger partial charge is 0.493 e. The van der Waals surface area contributed by atoms with Crippen molar-refractivity contribution in [1.82, 2.24) is 10.3 Å². The van der Waals surface area contributed by atoms with Crippen LogP contribution in [0.4, 0.5) is 0 Å². The maximum atomic E-state index is 12.7. The van der Waals surface area contributed by atoms with Crippen LogP contribution in [0.3, 0.4) is 0 Å². The SMILES string of the molecule is COc1ccnc(C(=O)N[C@@H](C)C(=O)O[C@@H](C)COC(=O)C(C)C)c1OCOC(=O)C(C)C. The second-order valence-corrected chi connectivity index (χ2v) is 7.80. The zero-order chi connectivity index (χ0) is 25.1. The molecule has 0 radical (unpaired) electrons. The average molecular weight is 469 g/mol. The first-order valence-electron chi connectivity index (χ1n) is 10.5. The zero-order valence-corrected chi connectivity index (χ0v) is 20.0. The summed E-state index contributed by atoms with van der Waals surface area (Å²) in [6.45, 7) is 9.15. The number of hydrogen-bond acceptors (Lipinski definition) is 10. The van der Waals surface area contributed by atoms with E-state index in [0.717, 1.165) is 0 Å². The summed E-state index contributed by atoms with van der Waals surface area (Å²) in [4.78, 5) is 52.2. The summed E-state index contributed by atoms with van der Waals surface area (Å²) < 4.78 is 25.8. The Morgan fingerprint density at radius 1 is 0.939 bits per heavy atom. The lowest BCUT2D eigenvalue weighted by atomic mass is 10.2. The standard InChI is InChI=1S/C22H32N2O9/c1-12(2)20(26)30-10-14(5)33-22(28)15(6)24-19(25)17-18(16(29-7)8-9-23-17)31-11-32-21(27)13(3)4/h8-9,12-15H,10-11H2,1-7H3,(H,24,25)/t14-,15-/m0/s1. The third-order valence-electron chi connectivity index (χ3n) is 4.13. The molecule has 2 atom stereocenters. The minimum Gasteiger partial charge on any atom is -0.493 e. The summed E-state index contributed by atoms with van der Waals surface area (Å²) in [6, 6.07) is 0.425. The van der Waals surface area contributed by atoms with Gasteiger partial charge in [0, 0.05) is 12.3 Å². The number of hydrogen-bond donors (Lipinski definition) is 1. The van der Waals surface area contributed by atoms with E-state index in [1.54, 1.807) is 34.6 Å². The van der Waals surface area contributed by atoms with Gasteiger partial charge in [-0.15, -0.1) is 0 Å². The van der Waals surface area contributed by atoms with Crippen molar-refractivity contribution in [2.75, 3.05) is 20.5 Å². The van der Waals surface area contributed by atoms with Gasteiger partial charge < -0.3 is 29.0 Å². The molecule has 0 aromatic carbocycles. The molecule has 0 spiro atoms. The van der Waals surface area contributed by atoms with E-state index >= 15 is 0 Å². The summed E-state index contributed by atoms with van der Waals surface area (Å²) >= 11 is 0. The first kappa shape index (κ1) is 27.7. The Balaban J connectivity index is 2.77. The lowest BCUT2D eigenvalue weighted by Gasteiger charge is -2.19. The molecule has 1 aromatic rings. The number of rotatable bonds is 12. The van der Waals surface area contributed by atoms with Gasteiger partial charge in [0.05, 0.1) is 18.9 Å². The molecule has 1 rings (SSSR count). The fraction of sp³-hybridized carbons (Fsp3) is 0.591. The fourth-order valence-corrected chi connectivity index (χ4v) is 2.23. The van der Waals surface area contributed by atoms with E-state index in [0.29, 0.717) is 0 Å². The minimum absolute atomic E-state index is 0.0522. The number of pyridine rings is 1. The van der Waals surface area contributed by atoms with E-state index in [9.17, 15) is 19.2 Å². The molecule has 1 heterocycles. The van der Waals surface area contributed by atoms with E-state index < -0.39 is 42.8 Å². The van der Waals surface area contributed by atoms with Crippen LogP contribution in [0.2, 0.25) is 0 Å². The Kier molecular flexibility index (Phi) is 11.1. The molecule has 11 heteroatoms. The van der Waals surface area contributed by atoms with Crippen molar-refractivity contribution in [3.8, 4) is 11.5 Å². The fourth-order valence-electron chi connectivity index (χ4n) is 2.23. The van der Waals surface area contributed by atoms with Crippen molar-refractivity contribution >= 4 is 23.8 Å². The van der Waals surface area contributed by atoms with Crippen molar-refractivity contribution in [2.24, 2.45) is 11.8 Å². The molecule has 1 amide bonds. The molecule has 184 valence electrons. The third-order valence-corrected chi connectivity index (χ3v) is 4.13. The molecular formula is C22H32N2O9. The summed E-state index contributed by atoms with van der Waals surface area (Å²) in [5.41, 5.74) is -0.173. The Hall–Kier alpha value is -3.37. The maximum Gasteiger partial charge on any atom is 0.328 e. The Morgan fingerprint density at radius 2 is 1.55 bits per heavy atom. The number of carbonyl (C=O) groups is 4. The highest BCUT2D eigenvalue weighted by Crippen LogP contribution is 2.29. The Labute approximate surface area is 193 Å². The van der Waals surface area contributed by atoms with Crippen molar-refractivity contribution < 1.29 is 42.9 Å².